The van der Waals surface area contributed by atoms with Gasteiger partial charge in [-0.3, -0.25) is 9.59 Å². The van der Waals surface area contributed by atoms with E-state index in [1.54, 1.807) is 0 Å². The average Bonchev–Trinajstić information content (AvgIpc) is 2.92. The maximum Gasteiger partial charge on any atom is 0.164 e. The first-order chi connectivity index (χ1) is 20.8. The topological polar surface area (TPSA) is 100 Å². The molecule has 1 aromatic carbocycles. The summed E-state index contributed by atoms with van der Waals surface area (Å²) in [6.07, 6.45) is 6.39. The van der Waals surface area contributed by atoms with Gasteiger partial charge in [-0.1, -0.05) is 119 Å². The molecule has 0 amide bonds. The Morgan fingerprint density at radius 3 is 1.04 bits per heavy atom. The Labute approximate surface area is 318 Å². The van der Waals surface area contributed by atoms with Gasteiger partial charge in [0.1, 0.15) is 11.5 Å². The standard InChI is InChI=1S/C18H14N2.2C11H20O2.2Pt/c1-13-3-9-17(19-11-13)15-5-7-16(8-6-15)18-10-4-14(2)12-20-18;2*1-10(2,3)8(12)7-9(13)11(4,5)6;;/h3-5,8-12H,1-2H3;2*7,12H,1-6H3;;/q-2;;;;/b;2*8-7-;;. The SMILES string of the molecule is CC(C)(C)C(=O)/C=C(\O)C(C)(C)C.CC(C)(C)C(=O)/C=C(\O)C(C)(C)C.Cc1ccc(-c2[c-]cc(-c3ccc(C)cn3)[c-]c2)nc1.[Pt].[Pt]. The zero-order valence-electron chi connectivity index (χ0n) is 31.0. The second kappa shape index (κ2) is 19.5. The molecule has 0 saturated heterocycles. The number of aryl methyl sites for hydroxylation is 2. The van der Waals surface area contributed by atoms with Crippen molar-refractivity contribution < 1.29 is 61.9 Å². The third-order valence-corrected chi connectivity index (χ3v) is 6.67. The summed E-state index contributed by atoms with van der Waals surface area (Å²) in [4.78, 5) is 31.8. The van der Waals surface area contributed by atoms with E-state index >= 15 is 0 Å². The molecule has 0 unspecified atom stereocenters. The van der Waals surface area contributed by atoms with Gasteiger partial charge in [-0.25, -0.2) is 35.4 Å². The normalized spacial score (nSPS) is 12.2. The van der Waals surface area contributed by atoms with Crippen molar-refractivity contribution in [1.82, 2.24) is 9.97 Å². The fourth-order valence-electron chi connectivity index (χ4n) is 3.05. The van der Waals surface area contributed by atoms with E-state index in [2.05, 4.69) is 22.1 Å². The largest absolute Gasteiger partial charge is 0.512 e. The monoisotopic (exact) mass is 1020 g/mol. The Bertz CT molecular complexity index is 1380. The van der Waals surface area contributed by atoms with Gasteiger partial charge in [0.05, 0.1) is 0 Å². The van der Waals surface area contributed by atoms with Gasteiger partial charge < -0.3 is 20.2 Å². The van der Waals surface area contributed by atoms with Crippen molar-refractivity contribution in [1.29, 1.82) is 0 Å². The molecule has 2 N–H and O–H groups in total. The van der Waals surface area contributed by atoms with Crippen molar-refractivity contribution in [3.63, 3.8) is 0 Å². The summed E-state index contributed by atoms with van der Waals surface area (Å²) < 4.78 is 0. The maximum absolute atomic E-state index is 11.5. The molecule has 0 radical (unpaired) electrons. The number of nitrogens with zero attached hydrogens (tertiary/aromatic N) is 2. The molecule has 0 atom stereocenters. The van der Waals surface area contributed by atoms with Gasteiger partial charge in [0, 0.05) is 88.3 Å². The van der Waals surface area contributed by atoms with Gasteiger partial charge in [0.15, 0.2) is 11.6 Å². The number of aliphatic hydroxyl groups excluding tert-OH is 2. The van der Waals surface area contributed by atoms with E-state index in [0.717, 1.165) is 33.6 Å². The number of hydrogen-bond acceptors (Lipinski definition) is 6. The smallest absolute Gasteiger partial charge is 0.164 e. The molecule has 2 heterocycles. The van der Waals surface area contributed by atoms with Gasteiger partial charge in [-0.2, -0.15) is 0 Å². The summed E-state index contributed by atoms with van der Waals surface area (Å²) in [7, 11) is 0. The molecule has 0 bridgehead atoms. The van der Waals surface area contributed by atoms with Crippen molar-refractivity contribution in [2.45, 2.75) is 96.9 Å². The molecule has 0 aliphatic carbocycles. The number of aliphatic hydroxyl groups is 2. The van der Waals surface area contributed by atoms with Crippen LogP contribution in [0.5, 0.6) is 0 Å². The van der Waals surface area contributed by atoms with Crippen LogP contribution in [-0.2, 0) is 51.7 Å². The number of hydrogen-bond donors (Lipinski definition) is 2. The molecular formula is C40H54N2O4Pt2-2. The van der Waals surface area contributed by atoms with Crippen LogP contribution in [0.1, 0.15) is 94.2 Å². The number of benzene rings is 1. The second-order valence-corrected chi connectivity index (χ2v) is 15.6. The molecular weight excluding hydrogens is 963 g/mol. The molecule has 8 heteroatoms. The fourth-order valence-corrected chi connectivity index (χ4v) is 3.05. The van der Waals surface area contributed by atoms with Gasteiger partial charge >= 0.3 is 0 Å². The van der Waals surface area contributed by atoms with E-state index in [1.807, 2.05) is 146 Å². The van der Waals surface area contributed by atoms with Crippen LogP contribution in [0.4, 0.5) is 0 Å². The maximum atomic E-state index is 11.5. The molecule has 270 valence electrons. The molecule has 6 nitrogen and oxygen atoms in total. The van der Waals surface area contributed by atoms with Crippen molar-refractivity contribution in [3.05, 3.63) is 95.7 Å². The van der Waals surface area contributed by atoms with Gasteiger partial charge in [-0.05, 0) is 25.0 Å². The van der Waals surface area contributed by atoms with Crippen LogP contribution in [0.25, 0.3) is 22.5 Å². The summed E-state index contributed by atoms with van der Waals surface area (Å²) >= 11 is 0. The number of aromatic nitrogens is 2. The Kier molecular flexibility index (Phi) is 19.3. The number of carbonyl (C=O) groups is 2. The zero-order chi connectivity index (χ0) is 35.7. The molecule has 0 saturated carbocycles. The second-order valence-electron chi connectivity index (χ2n) is 15.6. The zero-order valence-corrected chi connectivity index (χ0v) is 35.6. The summed E-state index contributed by atoms with van der Waals surface area (Å²) in [5.41, 5.74) is 4.49. The number of allylic oxidation sites excluding steroid dienone is 4. The van der Waals surface area contributed by atoms with Crippen LogP contribution in [0.3, 0.4) is 0 Å². The number of rotatable bonds is 4. The molecule has 0 aliphatic heterocycles. The van der Waals surface area contributed by atoms with Crippen LogP contribution < -0.4 is 0 Å². The first-order valence-electron chi connectivity index (χ1n) is 15.5. The van der Waals surface area contributed by atoms with E-state index in [4.69, 9.17) is 0 Å². The van der Waals surface area contributed by atoms with Crippen LogP contribution in [0, 0.1) is 47.6 Å². The first kappa shape index (κ1) is 47.4. The molecule has 48 heavy (non-hydrogen) atoms. The van der Waals surface area contributed by atoms with Crippen LogP contribution in [0.15, 0.2) is 72.5 Å². The van der Waals surface area contributed by atoms with Crippen LogP contribution in [-0.4, -0.2) is 31.7 Å². The average molecular weight is 1020 g/mol. The summed E-state index contributed by atoms with van der Waals surface area (Å²) in [5.74, 6) is 0.208. The van der Waals surface area contributed by atoms with E-state index in [9.17, 15) is 19.8 Å². The third-order valence-electron chi connectivity index (χ3n) is 6.67. The Balaban J connectivity index is 0. The molecule has 0 fully saturated rings. The van der Waals surface area contributed by atoms with Crippen molar-refractivity contribution in [3.8, 4) is 22.5 Å². The summed E-state index contributed by atoms with van der Waals surface area (Å²) in [6.45, 7) is 26.3. The van der Waals surface area contributed by atoms with Crippen molar-refractivity contribution in [2.75, 3.05) is 0 Å². The Morgan fingerprint density at radius 1 is 0.562 bits per heavy atom. The third kappa shape index (κ3) is 17.1. The van der Waals surface area contributed by atoms with Crippen molar-refractivity contribution in [2.24, 2.45) is 21.7 Å². The van der Waals surface area contributed by atoms with Crippen LogP contribution in [0.2, 0.25) is 0 Å². The number of ketones is 2. The summed E-state index contributed by atoms with van der Waals surface area (Å²) in [5, 5.41) is 19.1. The minimum Gasteiger partial charge on any atom is -0.512 e. The van der Waals surface area contributed by atoms with E-state index in [0.29, 0.717) is 0 Å². The predicted molar refractivity (Wildman–Crippen MR) is 189 cm³/mol. The Morgan fingerprint density at radius 2 is 0.854 bits per heavy atom. The quantitative estimate of drug-likeness (QED) is 0.153. The summed E-state index contributed by atoms with van der Waals surface area (Å²) in [6, 6.07) is 18.4. The Hall–Kier alpha value is -2.68. The predicted octanol–water partition coefficient (Wildman–Crippen LogP) is 10.2. The van der Waals surface area contributed by atoms with E-state index in [1.165, 1.54) is 12.2 Å². The van der Waals surface area contributed by atoms with E-state index < -0.39 is 10.8 Å². The van der Waals surface area contributed by atoms with Crippen molar-refractivity contribution >= 4 is 11.6 Å². The van der Waals surface area contributed by atoms with Gasteiger partial charge in [0.2, 0.25) is 0 Å². The van der Waals surface area contributed by atoms with E-state index in [-0.39, 0.29) is 76.0 Å². The molecule has 0 spiro atoms. The first-order valence-corrected chi connectivity index (χ1v) is 15.5. The van der Waals surface area contributed by atoms with Gasteiger partial charge in [-0.15, -0.1) is 0 Å². The minimum absolute atomic E-state index is 0. The molecule has 3 aromatic rings. The van der Waals surface area contributed by atoms with Crippen LogP contribution >= 0.6 is 0 Å². The molecule has 0 aliphatic rings. The fraction of sp³-hybridized carbons (Fsp3) is 0.450. The van der Waals surface area contributed by atoms with Gasteiger partial charge in [0.25, 0.3) is 0 Å². The number of carbonyl (C=O) groups excluding carboxylic acids is 2. The number of pyridine rings is 2. The molecule has 2 aromatic heterocycles. The molecule has 3 rings (SSSR count). The minimum atomic E-state index is -0.417.